The Morgan fingerprint density at radius 1 is 0.575 bits per heavy atom. The van der Waals surface area contributed by atoms with E-state index in [4.69, 9.17) is 33.1 Å². The van der Waals surface area contributed by atoms with Crippen molar-refractivity contribution in [1.29, 1.82) is 10.5 Å². The molecule has 8 nitrogen and oxygen atoms in total. The SMILES string of the molecule is [C-]#[N+]/C(C#N)=C1/c2cc(F)ccc2-c2nc3cc4nc5c(nc4cc3nc21)-c1cc(F)ccc1/C5=C(/C#N)[N+]#[C-]. The van der Waals surface area contributed by atoms with Gasteiger partial charge in [0.05, 0.1) is 70.1 Å². The Hall–Kier alpha value is -6.36. The van der Waals surface area contributed by atoms with E-state index in [-0.39, 0.29) is 33.9 Å². The van der Waals surface area contributed by atoms with E-state index < -0.39 is 11.6 Å². The fourth-order valence-electron chi connectivity index (χ4n) is 5.20. The van der Waals surface area contributed by atoms with Crippen LogP contribution in [0.1, 0.15) is 22.5 Å². The fourth-order valence-corrected chi connectivity index (χ4v) is 5.20. The van der Waals surface area contributed by atoms with Gasteiger partial charge in [0, 0.05) is 22.3 Å². The van der Waals surface area contributed by atoms with Crippen LogP contribution in [0.3, 0.4) is 0 Å². The van der Waals surface area contributed by atoms with E-state index in [1.807, 2.05) is 12.1 Å². The summed E-state index contributed by atoms with van der Waals surface area (Å²) >= 11 is 0. The van der Waals surface area contributed by atoms with Crippen molar-refractivity contribution >= 4 is 33.2 Å². The molecule has 2 aliphatic carbocycles. The van der Waals surface area contributed by atoms with Crippen LogP contribution in [-0.2, 0) is 0 Å². The number of nitrogens with zero attached hydrogens (tertiary/aromatic N) is 8. The Morgan fingerprint density at radius 2 is 1.00 bits per heavy atom. The van der Waals surface area contributed by atoms with Crippen molar-refractivity contribution in [2.45, 2.75) is 0 Å². The van der Waals surface area contributed by atoms with E-state index in [9.17, 15) is 19.3 Å². The van der Waals surface area contributed by atoms with Gasteiger partial charge in [-0.2, -0.15) is 0 Å². The van der Waals surface area contributed by atoms with Crippen LogP contribution in [0.25, 0.3) is 65.4 Å². The summed E-state index contributed by atoms with van der Waals surface area (Å²) in [4.78, 5) is 25.6. The molecular formula is C30H8F2N8. The summed E-state index contributed by atoms with van der Waals surface area (Å²) in [6, 6.07) is 15.2. The highest BCUT2D eigenvalue weighted by molar-refractivity contribution is 6.06. The second-order valence-electron chi connectivity index (χ2n) is 8.95. The maximum atomic E-state index is 14.2. The maximum absolute atomic E-state index is 14.2. The Bertz CT molecular complexity index is 2260. The minimum Gasteiger partial charge on any atom is -0.245 e. The van der Waals surface area contributed by atoms with E-state index in [1.54, 1.807) is 12.1 Å². The van der Waals surface area contributed by atoms with E-state index >= 15 is 0 Å². The zero-order valence-corrected chi connectivity index (χ0v) is 20.0. The molecule has 40 heavy (non-hydrogen) atoms. The molecule has 0 fully saturated rings. The third-order valence-corrected chi connectivity index (χ3v) is 6.84. The molecule has 0 bridgehead atoms. The van der Waals surface area contributed by atoms with Crippen LogP contribution in [0.5, 0.6) is 0 Å². The number of hydrogen-bond acceptors (Lipinski definition) is 6. The van der Waals surface area contributed by atoms with Crippen LogP contribution in [0.15, 0.2) is 59.9 Å². The Morgan fingerprint density at radius 3 is 1.50 bits per heavy atom. The number of benzene rings is 3. The van der Waals surface area contributed by atoms with Crippen molar-refractivity contribution in [3.63, 3.8) is 0 Å². The number of rotatable bonds is 0. The highest BCUT2D eigenvalue weighted by Crippen LogP contribution is 2.47. The molecule has 182 valence electrons. The molecule has 10 heteroatoms. The van der Waals surface area contributed by atoms with Crippen LogP contribution in [-0.4, -0.2) is 19.9 Å². The highest BCUT2D eigenvalue weighted by Gasteiger charge is 2.32. The van der Waals surface area contributed by atoms with Gasteiger partial charge >= 0.3 is 0 Å². The monoisotopic (exact) mass is 518 g/mol. The zero-order chi connectivity index (χ0) is 27.7. The number of hydrogen-bond donors (Lipinski definition) is 0. The molecule has 0 spiro atoms. The predicted molar refractivity (Wildman–Crippen MR) is 140 cm³/mol. The summed E-state index contributed by atoms with van der Waals surface area (Å²) in [5.41, 5.74) is 4.77. The van der Waals surface area contributed by atoms with Crippen molar-refractivity contribution in [1.82, 2.24) is 19.9 Å². The largest absolute Gasteiger partial charge is 0.271 e. The average Bonchev–Trinajstić information content (AvgIpc) is 3.42. The molecule has 2 heterocycles. The molecule has 3 aromatic carbocycles. The van der Waals surface area contributed by atoms with E-state index in [2.05, 4.69) is 9.69 Å². The molecule has 0 saturated carbocycles. The lowest BCUT2D eigenvalue weighted by Crippen LogP contribution is -1.97. The van der Waals surface area contributed by atoms with Crippen molar-refractivity contribution in [2.24, 2.45) is 0 Å². The zero-order valence-electron chi connectivity index (χ0n) is 20.0. The van der Waals surface area contributed by atoms with Crippen molar-refractivity contribution in [3.05, 3.63) is 117 Å². The minimum atomic E-state index is -0.527. The number of aromatic nitrogens is 4. The molecular weight excluding hydrogens is 510 g/mol. The van der Waals surface area contributed by atoms with E-state index in [0.717, 1.165) is 0 Å². The second kappa shape index (κ2) is 8.07. The third kappa shape index (κ3) is 2.99. The summed E-state index contributed by atoms with van der Waals surface area (Å²) in [5.74, 6) is -1.03. The summed E-state index contributed by atoms with van der Waals surface area (Å²) in [6.07, 6.45) is 0. The van der Waals surface area contributed by atoms with Gasteiger partial charge < -0.3 is 0 Å². The summed E-state index contributed by atoms with van der Waals surface area (Å²) < 4.78 is 28.4. The van der Waals surface area contributed by atoms with Gasteiger partial charge in [0.1, 0.15) is 11.6 Å². The quantitative estimate of drug-likeness (QED) is 0.134. The average molecular weight is 518 g/mol. The number of allylic oxidation sites excluding steroid dienone is 2. The maximum Gasteiger partial charge on any atom is 0.271 e. The lowest BCUT2D eigenvalue weighted by atomic mass is 10.0. The predicted octanol–water partition coefficient (Wildman–Crippen LogP) is 6.22. The Kier molecular flexibility index (Phi) is 4.60. The first kappa shape index (κ1) is 22.8. The number of nitriles is 2. The summed E-state index contributed by atoms with van der Waals surface area (Å²) in [7, 11) is 0. The van der Waals surface area contributed by atoms with Crippen molar-refractivity contribution in [3.8, 4) is 34.7 Å². The fraction of sp³-hybridized carbons (Fsp3) is 0. The van der Waals surface area contributed by atoms with Crippen LogP contribution < -0.4 is 0 Å². The standard InChI is InChI=1S/C30H8F2N8/c1-35-23(11-33)25-15-5-3-14(32)8-18(15)28-29(25)39-22-9-19-21(10-20(22)38-28)40-30-26(24(12-34)36-2)17-7-13(31)4-6-16(17)27(30)37-19/h3-10H/b25-23+,26-24-. The molecule has 0 radical (unpaired) electrons. The molecule has 2 aliphatic rings. The van der Waals surface area contributed by atoms with Crippen LogP contribution in [0.2, 0.25) is 0 Å². The van der Waals surface area contributed by atoms with E-state index in [0.29, 0.717) is 55.7 Å². The van der Waals surface area contributed by atoms with Gasteiger partial charge in [0.25, 0.3) is 11.4 Å². The van der Waals surface area contributed by atoms with Gasteiger partial charge in [-0.1, -0.05) is 6.07 Å². The second-order valence-corrected chi connectivity index (χ2v) is 8.95. The van der Waals surface area contributed by atoms with Gasteiger partial charge in [-0.05, 0) is 53.6 Å². The molecule has 0 amide bonds. The normalized spacial score (nSPS) is 14.8. The van der Waals surface area contributed by atoms with Gasteiger partial charge in [-0.25, -0.2) is 48.9 Å². The smallest absolute Gasteiger partial charge is 0.245 e. The Balaban J connectivity index is 1.54. The Labute approximate surface area is 224 Å². The molecule has 0 saturated heterocycles. The molecule has 0 N–H and O–H groups in total. The topological polar surface area (TPSA) is 108 Å². The van der Waals surface area contributed by atoms with Crippen LogP contribution in [0.4, 0.5) is 8.78 Å². The minimum absolute atomic E-state index is 0.185. The van der Waals surface area contributed by atoms with Gasteiger partial charge in [0.15, 0.2) is 0 Å². The first-order valence-corrected chi connectivity index (χ1v) is 11.6. The van der Waals surface area contributed by atoms with Crippen LogP contribution in [0, 0.1) is 47.4 Å². The first-order valence-electron chi connectivity index (χ1n) is 11.6. The lowest BCUT2D eigenvalue weighted by Gasteiger charge is -2.07. The van der Waals surface area contributed by atoms with E-state index in [1.165, 1.54) is 36.4 Å². The van der Waals surface area contributed by atoms with Gasteiger partial charge in [-0.15, -0.1) is 0 Å². The summed E-state index contributed by atoms with van der Waals surface area (Å²) in [5, 5.41) is 19.2. The molecule has 5 aromatic rings. The van der Waals surface area contributed by atoms with Crippen molar-refractivity contribution < 1.29 is 8.78 Å². The number of halogens is 2. The molecule has 2 aromatic heterocycles. The highest BCUT2D eigenvalue weighted by atomic mass is 19.1. The van der Waals surface area contributed by atoms with Gasteiger partial charge in [0.2, 0.25) is 0 Å². The first-order chi connectivity index (χ1) is 19.4. The number of fused-ring (bicyclic) bond motifs is 8. The molecule has 0 aliphatic heterocycles. The molecule has 0 atom stereocenters. The van der Waals surface area contributed by atoms with Gasteiger partial charge in [-0.3, -0.25) is 0 Å². The molecule has 7 rings (SSSR count). The van der Waals surface area contributed by atoms with Crippen molar-refractivity contribution in [2.75, 3.05) is 0 Å². The third-order valence-electron chi connectivity index (χ3n) is 6.84. The summed E-state index contributed by atoms with van der Waals surface area (Å²) in [6.45, 7) is 14.9. The molecule has 0 unspecified atom stereocenters. The van der Waals surface area contributed by atoms with Crippen LogP contribution >= 0.6 is 0 Å². The lowest BCUT2D eigenvalue weighted by molar-refractivity contribution is 0.627.